The number of carbonyl (C=O) groups excluding carboxylic acids is 1. The number of methoxy groups -OCH3 is 1. The van der Waals surface area contributed by atoms with Crippen molar-refractivity contribution in [2.75, 3.05) is 7.11 Å². The van der Waals surface area contributed by atoms with Gasteiger partial charge in [-0.3, -0.25) is 4.98 Å². The summed E-state index contributed by atoms with van der Waals surface area (Å²) < 4.78 is 10.4. The highest BCUT2D eigenvalue weighted by atomic mass is 16.5. The van der Waals surface area contributed by atoms with E-state index in [1.807, 2.05) is 43.3 Å². The van der Waals surface area contributed by atoms with Crippen LogP contribution in [0.25, 0.3) is 0 Å². The van der Waals surface area contributed by atoms with Gasteiger partial charge in [-0.25, -0.2) is 4.79 Å². The van der Waals surface area contributed by atoms with Gasteiger partial charge in [0.05, 0.1) is 7.11 Å². The molecular formula is C20H24N2O3. The molecule has 5 heteroatoms. The van der Waals surface area contributed by atoms with Gasteiger partial charge in [-0.05, 0) is 49.1 Å². The lowest BCUT2D eigenvalue weighted by Gasteiger charge is -2.19. The van der Waals surface area contributed by atoms with E-state index < -0.39 is 6.09 Å². The number of carbonyl (C=O) groups is 1. The standard InChI is InChI=1S/C20H24N2O3/c1-15(2)11-18(12-17-5-4-10-21-13-17)22-20(23)25-14-16-6-8-19(24-3)9-7-16/h4-10,13,18H,1,11-12,14H2,2-3H3,(H,22,23). The molecule has 0 radical (unpaired) electrons. The van der Waals surface area contributed by atoms with Crippen LogP contribution in [0, 0.1) is 0 Å². The third kappa shape index (κ3) is 6.67. The van der Waals surface area contributed by atoms with Crippen LogP contribution in [0.15, 0.2) is 60.9 Å². The van der Waals surface area contributed by atoms with E-state index >= 15 is 0 Å². The monoisotopic (exact) mass is 340 g/mol. The molecule has 1 unspecified atom stereocenters. The molecule has 0 saturated heterocycles. The maximum atomic E-state index is 12.1. The van der Waals surface area contributed by atoms with Gasteiger partial charge in [0.1, 0.15) is 12.4 Å². The second-order valence-electron chi connectivity index (χ2n) is 5.99. The molecule has 2 aromatic rings. The molecule has 0 aliphatic carbocycles. The van der Waals surface area contributed by atoms with Crippen molar-refractivity contribution in [2.24, 2.45) is 0 Å². The van der Waals surface area contributed by atoms with E-state index in [9.17, 15) is 4.79 Å². The van der Waals surface area contributed by atoms with Crippen molar-refractivity contribution in [1.82, 2.24) is 10.3 Å². The number of amides is 1. The molecule has 0 spiro atoms. The van der Waals surface area contributed by atoms with E-state index in [4.69, 9.17) is 9.47 Å². The van der Waals surface area contributed by atoms with Crippen LogP contribution >= 0.6 is 0 Å². The van der Waals surface area contributed by atoms with Gasteiger partial charge in [0.2, 0.25) is 0 Å². The summed E-state index contributed by atoms with van der Waals surface area (Å²) in [6.45, 7) is 6.09. The van der Waals surface area contributed by atoms with Gasteiger partial charge < -0.3 is 14.8 Å². The number of benzene rings is 1. The van der Waals surface area contributed by atoms with Crippen LogP contribution in [0.5, 0.6) is 5.75 Å². The minimum absolute atomic E-state index is 0.0786. The maximum absolute atomic E-state index is 12.1. The molecule has 0 fully saturated rings. The maximum Gasteiger partial charge on any atom is 0.407 e. The first-order valence-electron chi connectivity index (χ1n) is 8.16. The summed E-state index contributed by atoms with van der Waals surface area (Å²) in [6.07, 6.45) is 4.46. The first kappa shape index (κ1) is 18.5. The summed E-state index contributed by atoms with van der Waals surface area (Å²) >= 11 is 0. The SMILES string of the molecule is C=C(C)CC(Cc1cccnc1)NC(=O)OCc1ccc(OC)cc1. The summed E-state index contributed by atoms with van der Waals surface area (Å²) in [5.41, 5.74) is 2.97. The number of hydrogen-bond acceptors (Lipinski definition) is 4. The van der Waals surface area contributed by atoms with Crippen molar-refractivity contribution in [3.8, 4) is 5.75 Å². The van der Waals surface area contributed by atoms with Crippen molar-refractivity contribution in [3.63, 3.8) is 0 Å². The first-order chi connectivity index (χ1) is 12.1. The molecule has 1 aromatic carbocycles. The summed E-state index contributed by atoms with van der Waals surface area (Å²) in [6, 6.07) is 11.2. The average Bonchev–Trinajstić information content (AvgIpc) is 2.60. The largest absolute Gasteiger partial charge is 0.497 e. The lowest BCUT2D eigenvalue weighted by atomic mass is 10.0. The fourth-order valence-corrected chi connectivity index (χ4v) is 2.48. The molecule has 0 saturated carbocycles. The van der Waals surface area contributed by atoms with Gasteiger partial charge in [0.15, 0.2) is 0 Å². The molecule has 0 aliphatic rings. The summed E-state index contributed by atoms with van der Waals surface area (Å²) in [5, 5.41) is 2.92. The lowest BCUT2D eigenvalue weighted by molar-refractivity contribution is 0.135. The van der Waals surface area contributed by atoms with Crippen molar-refractivity contribution < 1.29 is 14.3 Å². The highest BCUT2D eigenvalue weighted by Crippen LogP contribution is 2.13. The quantitative estimate of drug-likeness (QED) is 0.741. The summed E-state index contributed by atoms with van der Waals surface area (Å²) in [4.78, 5) is 16.2. The normalized spacial score (nSPS) is 11.4. The third-order valence-electron chi connectivity index (χ3n) is 3.65. The van der Waals surface area contributed by atoms with Gasteiger partial charge in [-0.2, -0.15) is 0 Å². The van der Waals surface area contributed by atoms with E-state index in [2.05, 4.69) is 16.9 Å². The minimum atomic E-state index is -0.439. The predicted octanol–water partition coefficient (Wildman–Crippen LogP) is 3.89. The van der Waals surface area contributed by atoms with E-state index in [-0.39, 0.29) is 12.6 Å². The second kappa shape index (κ2) is 9.47. The zero-order valence-corrected chi connectivity index (χ0v) is 14.7. The van der Waals surface area contributed by atoms with Crippen LogP contribution in [-0.2, 0) is 17.8 Å². The molecule has 25 heavy (non-hydrogen) atoms. The number of hydrogen-bond donors (Lipinski definition) is 1. The minimum Gasteiger partial charge on any atom is -0.497 e. The van der Waals surface area contributed by atoms with Gasteiger partial charge >= 0.3 is 6.09 Å². The van der Waals surface area contributed by atoms with Crippen molar-refractivity contribution in [3.05, 3.63) is 72.1 Å². The average molecular weight is 340 g/mol. The zero-order chi connectivity index (χ0) is 18.1. The van der Waals surface area contributed by atoms with Crippen LogP contribution in [-0.4, -0.2) is 24.2 Å². The van der Waals surface area contributed by atoms with Crippen LogP contribution in [0.4, 0.5) is 4.79 Å². The Morgan fingerprint density at radius 1 is 1.24 bits per heavy atom. The molecule has 5 nitrogen and oxygen atoms in total. The Morgan fingerprint density at radius 2 is 2.00 bits per heavy atom. The predicted molar refractivity (Wildman–Crippen MR) is 97.5 cm³/mol. The Hall–Kier alpha value is -2.82. The Morgan fingerprint density at radius 3 is 2.60 bits per heavy atom. The summed E-state index contributed by atoms with van der Waals surface area (Å²) in [7, 11) is 1.61. The number of nitrogens with zero attached hydrogens (tertiary/aromatic N) is 1. The van der Waals surface area contributed by atoms with Gasteiger partial charge in [-0.1, -0.05) is 23.8 Å². The topological polar surface area (TPSA) is 60.5 Å². The zero-order valence-electron chi connectivity index (χ0n) is 14.7. The van der Waals surface area contributed by atoms with Crippen molar-refractivity contribution in [1.29, 1.82) is 0 Å². The lowest BCUT2D eigenvalue weighted by Crippen LogP contribution is -2.37. The van der Waals surface area contributed by atoms with E-state index in [0.29, 0.717) is 12.8 Å². The first-order valence-corrected chi connectivity index (χ1v) is 8.16. The smallest absolute Gasteiger partial charge is 0.407 e. The molecule has 0 bridgehead atoms. The fourth-order valence-electron chi connectivity index (χ4n) is 2.48. The van der Waals surface area contributed by atoms with Gasteiger partial charge in [0.25, 0.3) is 0 Å². The Kier molecular flexibility index (Phi) is 7.01. The van der Waals surface area contributed by atoms with E-state index in [0.717, 1.165) is 22.4 Å². The molecule has 132 valence electrons. The van der Waals surface area contributed by atoms with Gasteiger partial charge in [-0.15, -0.1) is 6.58 Å². The third-order valence-corrected chi connectivity index (χ3v) is 3.65. The Balaban J connectivity index is 1.88. The van der Waals surface area contributed by atoms with E-state index in [1.54, 1.807) is 19.5 Å². The van der Waals surface area contributed by atoms with E-state index in [1.165, 1.54) is 0 Å². The Bertz CT molecular complexity index is 684. The molecule has 1 atom stereocenters. The van der Waals surface area contributed by atoms with Crippen LogP contribution in [0.3, 0.4) is 0 Å². The molecule has 1 amide bonds. The number of ether oxygens (including phenoxy) is 2. The number of pyridine rings is 1. The Labute approximate surface area is 148 Å². The number of nitrogens with one attached hydrogen (secondary N) is 1. The molecule has 1 aromatic heterocycles. The van der Waals surface area contributed by atoms with Gasteiger partial charge in [0, 0.05) is 18.4 Å². The van der Waals surface area contributed by atoms with Crippen molar-refractivity contribution in [2.45, 2.75) is 32.4 Å². The highest BCUT2D eigenvalue weighted by Gasteiger charge is 2.14. The fraction of sp³-hybridized carbons (Fsp3) is 0.300. The number of alkyl carbamates (subject to hydrolysis) is 1. The van der Waals surface area contributed by atoms with Crippen LogP contribution in [0.1, 0.15) is 24.5 Å². The number of aromatic nitrogens is 1. The van der Waals surface area contributed by atoms with Crippen molar-refractivity contribution >= 4 is 6.09 Å². The summed E-state index contributed by atoms with van der Waals surface area (Å²) in [5.74, 6) is 0.770. The molecule has 2 rings (SSSR count). The molecule has 0 aliphatic heterocycles. The van der Waals surface area contributed by atoms with Crippen LogP contribution in [0.2, 0.25) is 0 Å². The second-order valence-corrected chi connectivity index (χ2v) is 5.99. The number of rotatable bonds is 8. The molecule has 1 heterocycles. The highest BCUT2D eigenvalue weighted by molar-refractivity contribution is 5.67. The molecular weight excluding hydrogens is 316 g/mol. The molecule has 1 N–H and O–H groups in total. The van der Waals surface area contributed by atoms with Crippen LogP contribution < -0.4 is 10.1 Å².